The lowest BCUT2D eigenvalue weighted by molar-refractivity contribution is -0.135. The van der Waals surface area contributed by atoms with Crippen molar-refractivity contribution >= 4 is 29.2 Å². The molecular formula is C14H11ClN2O4. The molecule has 1 aromatic carbocycles. The van der Waals surface area contributed by atoms with Crippen molar-refractivity contribution in [1.29, 1.82) is 0 Å². The van der Waals surface area contributed by atoms with Crippen molar-refractivity contribution in [2.45, 2.75) is 0 Å². The van der Waals surface area contributed by atoms with E-state index < -0.39 is 18.4 Å². The van der Waals surface area contributed by atoms with Crippen molar-refractivity contribution in [3.63, 3.8) is 0 Å². The van der Waals surface area contributed by atoms with Crippen molar-refractivity contribution in [3.05, 3.63) is 53.3 Å². The van der Waals surface area contributed by atoms with Gasteiger partial charge in [0.1, 0.15) is 18.0 Å². The SMILES string of the molecule is O=C(O)CN(C(=O)c1cc(Cl)ccn1)c1ccc(O)cc1. The molecule has 0 aliphatic rings. The third kappa shape index (κ3) is 3.70. The minimum absolute atomic E-state index is 0.0161. The summed E-state index contributed by atoms with van der Waals surface area (Å²) in [5.41, 5.74) is 0.374. The quantitative estimate of drug-likeness (QED) is 0.903. The highest BCUT2D eigenvalue weighted by Crippen LogP contribution is 2.20. The first-order valence-corrected chi connectivity index (χ1v) is 6.29. The highest BCUT2D eigenvalue weighted by molar-refractivity contribution is 6.31. The van der Waals surface area contributed by atoms with Crippen LogP contribution >= 0.6 is 11.6 Å². The van der Waals surface area contributed by atoms with E-state index in [-0.39, 0.29) is 11.4 Å². The maximum absolute atomic E-state index is 12.4. The molecule has 0 bridgehead atoms. The van der Waals surface area contributed by atoms with Gasteiger partial charge in [-0.25, -0.2) is 0 Å². The van der Waals surface area contributed by atoms with Gasteiger partial charge in [0.2, 0.25) is 0 Å². The molecule has 7 heteroatoms. The fraction of sp³-hybridized carbons (Fsp3) is 0.0714. The first kappa shape index (κ1) is 14.8. The Morgan fingerprint density at radius 3 is 2.43 bits per heavy atom. The van der Waals surface area contributed by atoms with Gasteiger partial charge in [-0.2, -0.15) is 0 Å². The van der Waals surface area contributed by atoms with Crippen molar-refractivity contribution in [1.82, 2.24) is 4.98 Å². The Morgan fingerprint density at radius 1 is 1.19 bits per heavy atom. The number of pyridine rings is 1. The summed E-state index contributed by atoms with van der Waals surface area (Å²) in [4.78, 5) is 28.3. The monoisotopic (exact) mass is 306 g/mol. The van der Waals surface area contributed by atoms with Gasteiger partial charge in [0.25, 0.3) is 5.91 Å². The Bertz CT molecular complexity index is 673. The number of aromatic hydroxyl groups is 1. The number of hydrogen-bond donors (Lipinski definition) is 2. The lowest BCUT2D eigenvalue weighted by Gasteiger charge is -2.20. The molecule has 0 aliphatic heterocycles. The number of carboxylic acid groups (broad SMARTS) is 1. The average Bonchev–Trinajstić information content (AvgIpc) is 2.45. The van der Waals surface area contributed by atoms with Gasteiger partial charge in [-0.3, -0.25) is 19.5 Å². The van der Waals surface area contributed by atoms with Crippen LogP contribution in [0.2, 0.25) is 5.02 Å². The second kappa shape index (κ2) is 6.23. The second-order valence-electron chi connectivity index (χ2n) is 4.16. The van der Waals surface area contributed by atoms with Gasteiger partial charge in [-0.05, 0) is 36.4 Å². The van der Waals surface area contributed by atoms with Crippen LogP contribution in [0.15, 0.2) is 42.6 Å². The molecule has 2 aromatic rings. The van der Waals surface area contributed by atoms with Crippen LogP contribution in [0.5, 0.6) is 5.75 Å². The molecule has 0 aliphatic carbocycles. The largest absolute Gasteiger partial charge is 0.508 e. The Labute approximate surface area is 125 Å². The predicted molar refractivity (Wildman–Crippen MR) is 76.7 cm³/mol. The fourth-order valence-electron chi connectivity index (χ4n) is 1.71. The predicted octanol–water partition coefficient (Wildman–Crippen LogP) is 2.17. The van der Waals surface area contributed by atoms with E-state index in [1.54, 1.807) is 0 Å². The number of carbonyl (C=O) groups excluding carboxylic acids is 1. The molecule has 0 saturated heterocycles. The van der Waals surface area contributed by atoms with Gasteiger partial charge in [0.15, 0.2) is 0 Å². The number of nitrogens with zero attached hydrogens (tertiary/aromatic N) is 2. The van der Waals surface area contributed by atoms with Gasteiger partial charge in [-0.1, -0.05) is 11.6 Å². The number of phenolic OH excluding ortho intramolecular Hbond substituents is 1. The van der Waals surface area contributed by atoms with Crippen LogP contribution in [0.4, 0.5) is 5.69 Å². The highest BCUT2D eigenvalue weighted by atomic mass is 35.5. The minimum atomic E-state index is -1.17. The average molecular weight is 307 g/mol. The molecule has 1 aromatic heterocycles. The molecule has 0 atom stereocenters. The number of hydrogen-bond acceptors (Lipinski definition) is 4. The number of aromatic nitrogens is 1. The standard InChI is InChI=1S/C14H11ClN2O4/c15-9-5-6-16-12(7-9)14(21)17(8-13(19)20)10-1-3-11(18)4-2-10/h1-7,18H,8H2,(H,19,20). The maximum atomic E-state index is 12.4. The fourth-order valence-corrected chi connectivity index (χ4v) is 1.87. The van der Waals surface area contributed by atoms with Crippen molar-refractivity contribution < 1.29 is 19.8 Å². The molecule has 0 fully saturated rings. The van der Waals surface area contributed by atoms with E-state index >= 15 is 0 Å². The molecular weight excluding hydrogens is 296 g/mol. The van der Waals surface area contributed by atoms with Crippen molar-refractivity contribution in [3.8, 4) is 5.75 Å². The second-order valence-corrected chi connectivity index (χ2v) is 4.60. The van der Waals surface area contributed by atoms with Gasteiger partial charge in [-0.15, -0.1) is 0 Å². The number of halogens is 1. The number of anilines is 1. The summed E-state index contributed by atoms with van der Waals surface area (Å²) in [6.45, 7) is -0.530. The molecule has 0 spiro atoms. The zero-order valence-electron chi connectivity index (χ0n) is 10.7. The summed E-state index contributed by atoms with van der Waals surface area (Å²) in [5, 5.41) is 18.6. The number of carboxylic acids is 1. The van der Waals surface area contributed by atoms with Gasteiger partial charge >= 0.3 is 5.97 Å². The van der Waals surface area contributed by atoms with Crippen LogP contribution in [0.25, 0.3) is 0 Å². The number of amides is 1. The van der Waals surface area contributed by atoms with Crippen LogP contribution in [0, 0.1) is 0 Å². The number of benzene rings is 1. The van der Waals surface area contributed by atoms with E-state index in [1.807, 2.05) is 0 Å². The van der Waals surface area contributed by atoms with E-state index in [1.165, 1.54) is 42.6 Å². The van der Waals surface area contributed by atoms with E-state index in [2.05, 4.69) is 4.98 Å². The molecule has 108 valence electrons. The molecule has 6 nitrogen and oxygen atoms in total. The zero-order valence-corrected chi connectivity index (χ0v) is 11.5. The molecule has 0 radical (unpaired) electrons. The normalized spacial score (nSPS) is 10.1. The summed E-state index contributed by atoms with van der Waals surface area (Å²) >= 11 is 5.81. The molecule has 1 amide bonds. The van der Waals surface area contributed by atoms with E-state index in [4.69, 9.17) is 16.7 Å². The summed E-state index contributed by atoms with van der Waals surface area (Å²) in [7, 11) is 0. The third-order valence-electron chi connectivity index (χ3n) is 2.64. The molecule has 2 N–H and O–H groups in total. The Kier molecular flexibility index (Phi) is 4.39. The zero-order chi connectivity index (χ0) is 15.4. The Morgan fingerprint density at radius 2 is 1.86 bits per heavy atom. The van der Waals surface area contributed by atoms with Crippen LogP contribution in [-0.2, 0) is 4.79 Å². The van der Waals surface area contributed by atoms with Crippen LogP contribution < -0.4 is 4.90 Å². The van der Waals surface area contributed by atoms with Crippen LogP contribution in [0.3, 0.4) is 0 Å². The Hall–Kier alpha value is -2.60. The number of aliphatic carboxylic acids is 1. The number of rotatable bonds is 4. The van der Waals surface area contributed by atoms with E-state index in [0.717, 1.165) is 4.90 Å². The Balaban J connectivity index is 2.38. The molecule has 0 saturated carbocycles. The van der Waals surface area contributed by atoms with Crippen LogP contribution in [-0.4, -0.2) is 33.6 Å². The topological polar surface area (TPSA) is 90.7 Å². The van der Waals surface area contributed by atoms with Crippen LogP contribution in [0.1, 0.15) is 10.5 Å². The minimum Gasteiger partial charge on any atom is -0.508 e. The van der Waals surface area contributed by atoms with Gasteiger partial charge in [0, 0.05) is 16.9 Å². The number of carbonyl (C=O) groups is 2. The summed E-state index contributed by atoms with van der Waals surface area (Å²) in [5.74, 6) is -1.74. The number of phenols is 1. The third-order valence-corrected chi connectivity index (χ3v) is 2.88. The molecule has 21 heavy (non-hydrogen) atoms. The lowest BCUT2D eigenvalue weighted by Crippen LogP contribution is -2.36. The highest BCUT2D eigenvalue weighted by Gasteiger charge is 2.21. The molecule has 1 heterocycles. The summed E-state index contributed by atoms with van der Waals surface area (Å²) in [6.07, 6.45) is 1.37. The molecule has 2 rings (SSSR count). The summed E-state index contributed by atoms with van der Waals surface area (Å²) in [6, 6.07) is 8.49. The van der Waals surface area contributed by atoms with Crippen molar-refractivity contribution in [2.24, 2.45) is 0 Å². The summed E-state index contributed by atoms with van der Waals surface area (Å²) < 4.78 is 0. The first-order valence-electron chi connectivity index (χ1n) is 5.91. The van der Waals surface area contributed by atoms with Gasteiger partial charge < -0.3 is 10.2 Å². The molecule has 0 unspecified atom stereocenters. The smallest absolute Gasteiger partial charge is 0.323 e. The van der Waals surface area contributed by atoms with Gasteiger partial charge in [0.05, 0.1) is 0 Å². The van der Waals surface area contributed by atoms with E-state index in [0.29, 0.717) is 10.7 Å². The lowest BCUT2D eigenvalue weighted by atomic mass is 10.2. The van der Waals surface area contributed by atoms with E-state index in [9.17, 15) is 14.7 Å². The van der Waals surface area contributed by atoms with Crippen molar-refractivity contribution in [2.75, 3.05) is 11.4 Å². The maximum Gasteiger partial charge on any atom is 0.323 e. The first-order chi connectivity index (χ1) is 9.97.